The number of aromatic nitrogens is 3. The van der Waals surface area contributed by atoms with Gasteiger partial charge in [0.05, 0.1) is 26.0 Å². The van der Waals surface area contributed by atoms with Gasteiger partial charge >= 0.3 is 0 Å². The third-order valence-corrected chi connectivity index (χ3v) is 5.07. The molecule has 9 heteroatoms. The van der Waals surface area contributed by atoms with E-state index in [0.29, 0.717) is 36.7 Å². The minimum Gasteiger partial charge on any atom is -0.493 e. The van der Waals surface area contributed by atoms with Crippen molar-refractivity contribution in [1.29, 1.82) is 0 Å². The van der Waals surface area contributed by atoms with Gasteiger partial charge in [0.1, 0.15) is 5.69 Å². The lowest BCUT2D eigenvalue weighted by Gasteiger charge is -2.38. The van der Waals surface area contributed by atoms with Crippen LogP contribution in [0.25, 0.3) is 11.5 Å². The maximum absolute atomic E-state index is 14.1. The Bertz CT molecular complexity index is 1040. The summed E-state index contributed by atoms with van der Waals surface area (Å²) < 4.78 is 33.1. The van der Waals surface area contributed by atoms with E-state index in [1.807, 2.05) is 23.1 Å². The van der Waals surface area contributed by atoms with Crippen molar-refractivity contribution in [2.45, 2.75) is 12.5 Å². The first kappa shape index (κ1) is 20.1. The van der Waals surface area contributed by atoms with Gasteiger partial charge in [-0.15, -0.1) is 0 Å². The van der Waals surface area contributed by atoms with Crippen molar-refractivity contribution in [3.8, 4) is 17.3 Å². The van der Waals surface area contributed by atoms with Crippen LogP contribution in [0.2, 0.25) is 0 Å². The van der Waals surface area contributed by atoms with Crippen molar-refractivity contribution >= 4 is 5.69 Å². The summed E-state index contributed by atoms with van der Waals surface area (Å²) in [6.45, 7) is 0.951. The summed E-state index contributed by atoms with van der Waals surface area (Å²) in [5.74, 6) is -1.56. The van der Waals surface area contributed by atoms with Gasteiger partial charge in [-0.25, -0.2) is 19.8 Å². The van der Waals surface area contributed by atoms with E-state index in [4.69, 9.17) is 14.6 Å². The molecule has 30 heavy (non-hydrogen) atoms. The number of hydrogen-bond acceptors (Lipinski definition) is 7. The summed E-state index contributed by atoms with van der Waals surface area (Å²) in [5, 5.41) is 0. The fourth-order valence-corrected chi connectivity index (χ4v) is 3.63. The van der Waals surface area contributed by atoms with Crippen LogP contribution >= 0.6 is 0 Å². The number of hydroxylamine groups is 1. The number of hydrogen-bond donors (Lipinski definition) is 1. The molecule has 1 unspecified atom stereocenters. The second-order valence-corrected chi connectivity index (χ2v) is 6.77. The third-order valence-electron chi connectivity index (χ3n) is 5.07. The summed E-state index contributed by atoms with van der Waals surface area (Å²) >= 11 is 0. The van der Waals surface area contributed by atoms with Crippen molar-refractivity contribution < 1.29 is 18.4 Å². The summed E-state index contributed by atoms with van der Waals surface area (Å²) in [4.78, 5) is 20.5. The monoisotopic (exact) mass is 413 g/mol. The minimum atomic E-state index is -1.01. The predicted molar refractivity (Wildman–Crippen MR) is 107 cm³/mol. The molecule has 7 nitrogen and oxygen atoms in total. The molecule has 1 aliphatic rings. The molecule has 3 heterocycles. The first-order valence-electron chi connectivity index (χ1n) is 9.45. The standard InChI is InChI=1S/C21H21F2N5O2/c1-29-19-10-13(9-15(22)20(19)23)28-8-6-16-14(18(28)12-26-30-2)11-25-21(27-16)17-5-3-4-7-24-17/h3-5,7,9-11,18,26H,6,8,12H2,1-2H3. The van der Waals surface area contributed by atoms with Crippen LogP contribution in [0, 0.1) is 11.6 Å². The van der Waals surface area contributed by atoms with Crippen LogP contribution in [0.15, 0.2) is 42.7 Å². The average Bonchev–Trinajstić information content (AvgIpc) is 2.79. The molecule has 1 atom stereocenters. The maximum Gasteiger partial charge on any atom is 0.200 e. The van der Waals surface area contributed by atoms with Gasteiger partial charge < -0.3 is 14.5 Å². The first-order chi connectivity index (χ1) is 14.6. The van der Waals surface area contributed by atoms with Crippen molar-refractivity contribution in [3.05, 3.63) is 65.6 Å². The zero-order valence-electron chi connectivity index (χ0n) is 16.6. The number of ether oxygens (including phenoxy) is 1. The fourth-order valence-electron chi connectivity index (χ4n) is 3.63. The van der Waals surface area contributed by atoms with Crippen LogP contribution in [0.3, 0.4) is 0 Å². The normalized spacial score (nSPS) is 15.7. The fraction of sp³-hybridized carbons (Fsp3) is 0.286. The van der Waals surface area contributed by atoms with Crippen LogP contribution in [0.1, 0.15) is 17.3 Å². The SMILES string of the molecule is CONCC1c2cnc(-c3ccccn3)nc2CCN1c1cc(F)c(F)c(OC)c1. The molecule has 3 aromatic rings. The van der Waals surface area contributed by atoms with Gasteiger partial charge in [0.2, 0.25) is 5.82 Å². The van der Waals surface area contributed by atoms with Crippen LogP contribution in [0.5, 0.6) is 5.75 Å². The number of pyridine rings is 1. The Hall–Kier alpha value is -3.17. The molecule has 0 radical (unpaired) electrons. The number of halogens is 2. The van der Waals surface area contributed by atoms with Crippen LogP contribution < -0.4 is 15.1 Å². The van der Waals surface area contributed by atoms with Gasteiger partial charge in [0.25, 0.3) is 0 Å². The molecule has 0 saturated carbocycles. The number of anilines is 1. The van der Waals surface area contributed by atoms with E-state index < -0.39 is 11.6 Å². The Labute approximate surface area is 172 Å². The number of nitrogens with one attached hydrogen (secondary N) is 1. The number of fused-ring (bicyclic) bond motifs is 1. The lowest BCUT2D eigenvalue weighted by Crippen LogP contribution is -2.41. The quantitative estimate of drug-likeness (QED) is 0.623. The van der Waals surface area contributed by atoms with Crippen molar-refractivity contribution in [2.75, 3.05) is 32.2 Å². The van der Waals surface area contributed by atoms with Crippen LogP contribution in [0.4, 0.5) is 14.5 Å². The molecule has 4 rings (SSSR count). The first-order valence-corrected chi connectivity index (χ1v) is 9.45. The van der Waals surface area contributed by atoms with Crippen LogP contribution in [-0.2, 0) is 11.3 Å². The molecule has 0 spiro atoms. The molecule has 0 aliphatic carbocycles. The second kappa shape index (κ2) is 8.68. The molecule has 1 N–H and O–H groups in total. The smallest absolute Gasteiger partial charge is 0.200 e. The largest absolute Gasteiger partial charge is 0.493 e. The summed E-state index contributed by atoms with van der Waals surface area (Å²) in [6, 6.07) is 7.99. The highest BCUT2D eigenvalue weighted by atomic mass is 19.2. The zero-order chi connectivity index (χ0) is 21.1. The average molecular weight is 413 g/mol. The van der Waals surface area contributed by atoms with E-state index >= 15 is 0 Å². The highest BCUT2D eigenvalue weighted by molar-refractivity contribution is 5.56. The lowest BCUT2D eigenvalue weighted by molar-refractivity contribution is 0.0860. The van der Waals surface area contributed by atoms with Crippen molar-refractivity contribution in [2.24, 2.45) is 0 Å². The van der Waals surface area contributed by atoms with Gasteiger partial charge in [0.15, 0.2) is 17.4 Å². The Kier molecular flexibility index (Phi) is 5.82. The summed E-state index contributed by atoms with van der Waals surface area (Å²) in [6.07, 6.45) is 4.07. The molecule has 0 fully saturated rings. The molecule has 156 valence electrons. The molecule has 1 aliphatic heterocycles. The molecule has 1 aromatic carbocycles. The van der Waals surface area contributed by atoms with E-state index in [9.17, 15) is 8.78 Å². The number of nitrogens with zero attached hydrogens (tertiary/aromatic N) is 4. The Balaban J connectivity index is 1.73. The van der Waals surface area contributed by atoms with E-state index in [1.165, 1.54) is 26.4 Å². The summed E-state index contributed by atoms with van der Waals surface area (Å²) in [5.41, 5.74) is 5.82. The van der Waals surface area contributed by atoms with Gasteiger partial charge in [0, 0.05) is 55.3 Å². The maximum atomic E-state index is 14.1. The minimum absolute atomic E-state index is 0.143. The molecular weight excluding hydrogens is 392 g/mol. The van der Waals surface area contributed by atoms with Gasteiger partial charge in [-0.1, -0.05) is 6.07 Å². The van der Waals surface area contributed by atoms with Gasteiger partial charge in [-0.2, -0.15) is 4.39 Å². The molecule has 0 saturated heterocycles. The Morgan fingerprint density at radius 1 is 1.20 bits per heavy atom. The van der Waals surface area contributed by atoms with Crippen LogP contribution in [-0.4, -0.2) is 42.3 Å². The van der Waals surface area contributed by atoms with Crippen molar-refractivity contribution in [3.63, 3.8) is 0 Å². The molecule has 0 amide bonds. The number of benzene rings is 1. The predicted octanol–water partition coefficient (Wildman–Crippen LogP) is 3.08. The zero-order valence-corrected chi connectivity index (χ0v) is 16.6. The van der Waals surface area contributed by atoms with E-state index in [0.717, 1.165) is 11.3 Å². The van der Waals surface area contributed by atoms with E-state index in [2.05, 4.69) is 15.4 Å². The van der Waals surface area contributed by atoms with E-state index in [1.54, 1.807) is 12.4 Å². The van der Waals surface area contributed by atoms with E-state index in [-0.39, 0.29) is 11.8 Å². The topological polar surface area (TPSA) is 72.4 Å². The second-order valence-electron chi connectivity index (χ2n) is 6.77. The number of methoxy groups -OCH3 is 1. The molecular formula is C21H21F2N5O2. The highest BCUT2D eigenvalue weighted by Crippen LogP contribution is 2.36. The van der Waals surface area contributed by atoms with Crippen molar-refractivity contribution in [1.82, 2.24) is 20.4 Å². The number of rotatable bonds is 6. The van der Waals surface area contributed by atoms with Gasteiger partial charge in [-0.3, -0.25) is 4.98 Å². The Morgan fingerprint density at radius 2 is 2.07 bits per heavy atom. The lowest BCUT2D eigenvalue weighted by atomic mass is 9.97. The highest BCUT2D eigenvalue weighted by Gasteiger charge is 2.30. The Morgan fingerprint density at radius 3 is 2.80 bits per heavy atom. The molecule has 0 bridgehead atoms. The molecule has 2 aromatic heterocycles. The third kappa shape index (κ3) is 3.81. The van der Waals surface area contributed by atoms with Gasteiger partial charge in [-0.05, 0) is 12.1 Å². The summed E-state index contributed by atoms with van der Waals surface area (Å²) in [7, 11) is 2.83.